The molecular formula is C8H9N3O3S. The van der Waals surface area contributed by atoms with Crippen LogP contribution in [0.4, 0.5) is 5.69 Å². The summed E-state index contributed by atoms with van der Waals surface area (Å²) in [5.74, 6) is -0.391. The van der Waals surface area contributed by atoms with Crippen LogP contribution in [0.25, 0.3) is 0 Å². The van der Waals surface area contributed by atoms with Crippen molar-refractivity contribution in [1.29, 1.82) is 0 Å². The second-order valence-electron chi connectivity index (χ2n) is 2.59. The first kappa shape index (κ1) is 11.4. The molecule has 0 spiro atoms. The fourth-order valence-electron chi connectivity index (χ4n) is 0.997. The maximum atomic E-state index is 11.2. The summed E-state index contributed by atoms with van der Waals surface area (Å²) >= 11 is 1.17. The number of nitro groups is 1. The number of amides is 1. The van der Waals surface area contributed by atoms with Crippen molar-refractivity contribution in [3.8, 4) is 0 Å². The number of thioether (sulfide) groups is 1. The van der Waals surface area contributed by atoms with E-state index in [2.05, 4.69) is 10.3 Å². The Hall–Kier alpha value is -1.63. The molecule has 0 unspecified atom stereocenters. The van der Waals surface area contributed by atoms with E-state index in [0.717, 1.165) is 0 Å². The van der Waals surface area contributed by atoms with Gasteiger partial charge in [0.2, 0.25) is 0 Å². The molecule has 0 atom stereocenters. The Morgan fingerprint density at radius 2 is 2.33 bits per heavy atom. The molecular weight excluding hydrogens is 218 g/mol. The Kier molecular flexibility index (Phi) is 3.62. The molecule has 0 aliphatic carbocycles. The van der Waals surface area contributed by atoms with Gasteiger partial charge in [0.1, 0.15) is 0 Å². The summed E-state index contributed by atoms with van der Waals surface area (Å²) in [4.78, 5) is 25.2. The van der Waals surface area contributed by atoms with Crippen LogP contribution in [0, 0.1) is 10.1 Å². The van der Waals surface area contributed by atoms with Crippen LogP contribution >= 0.6 is 11.8 Å². The van der Waals surface area contributed by atoms with Gasteiger partial charge in [0.15, 0.2) is 5.03 Å². The molecule has 6 nitrogen and oxygen atoms in total. The molecule has 0 radical (unpaired) electrons. The first-order valence-corrected chi connectivity index (χ1v) is 5.23. The molecule has 1 N–H and O–H groups in total. The van der Waals surface area contributed by atoms with Gasteiger partial charge in [0.25, 0.3) is 5.91 Å². The van der Waals surface area contributed by atoms with Crippen LogP contribution in [0.3, 0.4) is 0 Å². The number of nitrogens with one attached hydrogen (secondary N) is 1. The maximum Gasteiger partial charge on any atom is 0.302 e. The zero-order chi connectivity index (χ0) is 11.4. The van der Waals surface area contributed by atoms with E-state index in [9.17, 15) is 14.9 Å². The minimum atomic E-state index is -0.550. The van der Waals surface area contributed by atoms with Crippen LogP contribution in [-0.2, 0) is 0 Å². The van der Waals surface area contributed by atoms with Gasteiger partial charge in [-0.3, -0.25) is 14.9 Å². The SMILES string of the molecule is CNC(=O)c1cnc(SC)c([N+](=O)[O-])c1. The second-order valence-corrected chi connectivity index (χ2v) is 3.38. The standard InChI is InChI=1S/C8H9N3O3S/c1-9-7(12)5-3-6(11(13)14)8(15-2)10-4-5/h3-4H,1-2H3,(H,9,12). The molecule has 0 fully saturated rings. The van der Waals surface area contributed by atoms with Gasteiger partial charge in [0, 0.05) is 19.3 Å². The molecule has 0 aliphatic rings. The van der Waals surface area contributed by atoms with Crippen LogP contribution in [0.2, 0.25) is 0 Å². The Labute approximate surface area is 90.2 Å². The molecule has 0 aromatic carbocycles. The highest BCUT2D eigenvalue weighted by atomic mass is 32.2. The predicted octanol–water partition coefficient (Wildman–Crippen LogP) is 1.07. The molecule has 7 heteroatoms. The van der Waals surface area contributed by atoms with Gasteiger partial charge in [-0.05, 0) is 6.26 Å². The van der Waals surface area contributed by atoms with Gasteiger partial charge in [-0.25, -0.2) is 4.98 Å². The summed E-state index contributed by atoms with van der Waals surface area (Å²) in [6, 6.07) is 1.22. The van der Waals surface area contributed by atoms with E-state index in [1.807, 2.05) is 0 Å². The quantitative estimate of drug-likeness (QED) is 0.474. The average Bonchev–Trinajstić information content (AvgIpc) is 2.27. The van der Waals surface area contributed by atoms with E-state index >= 15 is 0 Å². The third-order valence-corrected chi connectivity index (χ3v) is 2.41. The van der Waals surface area contributed by atoms with E-state index in [0.29, 0.717) is 5.03 Å². The lowest BCUT2D eigenvalue weighted by Gasteiger charge is -2.01. The van der Waals surface area contributed by atoms with Crippen LogP contribution in [0.1, 0.15) is 10.4 Å². The van der Waals surface area contributed by atoms with Crippen molar-refractivity contribution in [2.24, 2.45) is 0 Å². The lowest BCUT2D eigenvalue weighted by atomic mass is 10.2. The van der Waals surface area contributed by atoms with Crippen molar-refractivity contribution in [3.63, 3.8) is 0 Å². The van der Waals surface area contributed by atoms with Gasteiger partial charge >= 0.3 is 5.69 Å². The van der Waals surface area contributed by atoms with Crippen LogP contribution in [0.15, 0.2) is 17.3 Å². The average molecular weight is 227 g/mol. The summed E-state index contributed by atoms with van der Waals surface area (Å²) in [5.41, 5.74) is 0.0330. The number of aromatic nitrogens is 1. The zero-order valence-corrected chi connectivity index (χ0v) is 9.00. The number of rotatable bonds is 3. The number of pyridine rings is 1. The highest BCUT2D eigenvalue weighted by molar-refractivity contribution is 7.98. The summed E-state index contributed by atoms with van der Waals surface area (Å²) in [6.07, 6.45) is 3.01. The highest BCUT2D eigenvalue weighted by Gasteiger charge is 2.17. The predicted molar refractivity (Wildman–Crippen MR) is 56.1 cm³/mol. The second kappa shape index (κ2) is 4.74. The largest absolute Gasteiger partial charge is 0.355 e. The van der Waals surface area contributed by atoms with Crippen molar-refractivity contribution in [3.05, 3.63) is 27.9 Å². The van der Waals surface area contributed by atoms with E-state index in [1.165, 1.54) is 31.1 Å². The number of carbonyl (C=O) groups excluding carboxylic acids is 1. The lowest BCUT2D eigenvalue weighted by molar-refractivity contribution is -0.388. The minimum absolute atomic E-state index is 0.149. The van der Waals surface area contributed by atoms with Crippen LogP contribution in [-0.4, -0.2) is 29.1 Å². The monoisotopic (exact) mass is 227 g/mol. The van der Waals surface area contributed by atoms with Crippen molar-refractivity contribution in [2.45, 2.75) is 5.03 Å². The molecule has 1 heterocycles. The third kappa shape index (κ3) is 2.44. The third-order valence-electron chi connectivity index (χ3n) is 1.71. The molecule has 1 aromatic rings. The van der Waals surface area contributed by atoms with Crippen molar-refractivity contribution < 1.29 is 9.72 Å². The minimum Gasteiger partial charge on any atom is -0.355 e. The first-order chi connectivity index (χ1) is 7.10. The summed E-state index contributed by atoms with van der Waals surface area (Å²) in [7, 11) is 1.46. The Morgan fingerprint density at radius 1 is 1.67 bits per heavy atom. The molecule has 0 saturated heterocycles. The number of carbonyl (C=O) groups is 1. The van der Waals surface area contributed by atoms with Crippen molar-refractivity contribution in [1.82, 2.24) is 10.3 Å². The summed E-state index contributed by atoms with van der Waals surface area (Å²) in [6.45, 7) is 0. The highest BCUT2D eigenvalue weighted by Crippen LogP contribution is 2.25. The van der Waals surface area contributed by atoms with E-state index in [-0.39, 0.29) is 11.3 Å². The lowest BCUT2D eigenvalue weighted by Crippen LogP contribution is -2.18. The molecule has 15 heavy (non-hydrogen) atoms. The van der Waals surface area contributed by atoms with Crippen LogP contribution < -0.4 is 5.32 Å². The Balaban J connectivity index is 3.22. The Bertz CT molecular complexity index is 408. The zero-order valence-electron chi connectivity index (χ0n) is 8.18. The van der Waals surface area contributed by atoms with E-state index in [1.54, 1.807) is 6.26 Å². The normalized spacial score (nSPS) is 9.73. The topological polar surface area (TPSA) is 85.1 Å². The maximum absolute atomic E-state index is 11.2. The molecule has 1 rings (SSSR count). The molecule has 1 aromatic heterocycles. The number of hydrogen-bond donors (Lipinski definition) is 1. The molecule has 0 saturated carbocycles. The van der Waals surface area contributed by atoms with Gasteiger partial charge < -0.3 is 5.32 Å². The fourth-order valence-corrected chi connectivity index (χ4v) is 1.50. The van der Waals surface area contributed by atoms with Crippen molar-refractivity contribution >= 4 is 23.4 Å². The molecule has 1 amide bonds. The number of hydrogen-bond acceptors (Lipinski definition) is 5. The molecule has 0 bridgehead atoms. The Morgan fingerprint density at radius 3 is 2.80 bits per heavy atom. The van der Waals surface area contributed by atoms with Gasteiger partial charge in [-0.1, -0.05) is 0 Å². The van der Waals surface area contributed by atoms with Gasteiger partial charge in [-0.2, -0.15) is 0 Å². The van der Waals surface area contributed by atoms with Gasteiger partial charge in [-0.15, -0.1) is 11.8 Å². The van der Waals surface area contributed by atoms with E-state index in [4.69, 9.17) is 0 Å². The summed E-state index contributed by atoms with van der Waals surface area (Å²) in [5, 5.41) is 13.3. The van der Waals surface area contributed by atoms with Gasteiger partial charge in [0.05, 0.1) is 10.5 Å². The molecule has 80 valence electrons. The van der Waals surface area contributed by atoms with Crippen molar-refractivity contribution in [2.75, 3.05) is 13.3 Å². The molecule has 0 aliphatic heterocycles. The fraction of sp³-hybridized carbons (Fsp3) is 0.250. The number of nitrogens with zero attached hydrogens (tertiary/aromatic N) is 2. The first-order valence-electron chi connectivity index (χ1n) is 4.00. The van der Waals surface area contributed by atoms with Crippen LogP contribution in [0.5, 0.6) is 0 Å². The summed E-state index contributed by atoms with van der Waals surface area (Å²) < 4.78 is 0. The smallest absolute Gasteiger partial charge is 0.302 e. The van der Waals surface area contributed by atoms with E-state index < -0.39 is 10.8 Å².